The molecule has 1 atom stereocenters. The summed E-state index contributed by atoms with van der Waals surface area (Å²) >= 11 is 3.39. The zero-order valence-electron chi connectivity index (χ0n) is 19.1. The lowest BCUT2D eigenvalue weighted by molar-refractivity contribution is -0.142. The van der Waals surface area contributed by atoms with Gasteiger partial charge in [-0.3, -0.25) is 9.59 Å². The van der Waals surface area contributed by atoms with Crippen LogP contribution in [0.25, 0.3) is 11.1 Å². The van der Waals surface area contributed by atoms with Gasteiger partial charge in [-0.05, 0) is 39.9 Å². The third-order valence-corrected chi connectivity index (χ3v) is 6.49. The first kappa shape index (κ1) is 24.5. The maximum atomic E-state index is 13.0. The second-order valence-corrected chi connectivity index (χ2v) is 9.36. The Bertz CT molecular complexity index is 1220. The molecule has 0 radical (unpaired) electrons. The van der Waals surface area contributed by atoms with Crippen LogP contribution < -0.4 is 5.32 Å². The molecule has 1 aliphatic carbocycles. The van der Waals surface area contributed by atoms with Gasteiger partial charge in [0.25, 0.3) is 0 Å². The molecular weight excluding hydrogens is 512 g/mol. The number of amides is 2. The van der Waals surface area contributed by atoms with Gasteiger partial charge in [-0.2, -0.15) is 0 Å². The highest BCUT2D eigenvalue weighted by Crippen LogP contribution is 2.44. The van der Waals surface area contributed by atoms with Crippen molar-refractivity contribution in [3.8, 4) is 11.1 Å². The maximum Gasteiger partial charge on any atom is 0.407 e. The van der Waals surface area contributed by atoms with Crippen LogP contribution in [-0.2, 0) is 20.9 Å². The van der Waals surface area contributed by atoms with Crippen LogP contribution in [0, 0.1) is 0 Å². The van der Waals surface area contributed by atoms with Gasteiger partial charge in [0, 0.05) is 24.0 Å². The Hall–Kier alpha value is -3.65. The number of aliphatic carboxylic acids is 1. The molecule has 0 heterocycles. The van der Waals surface area contributed by atoms with Crippen molar-refractivity contribution in [3.63, 3.8) is 0 Å². The zero-order valence-corrected chi connectivity index (χ0v) is 20.7. The van der Waals surface area contributed by atoms with Gasteiger partial charge in [0.05, 0.1) is 6.42 Å². The van der Waals surface area contributed by atoms with E-state index in [2.05, 4.69) is 21.2 Å². The fourth-order valence-electron chi connectivity index (χ4n) is 4.41. The number of nitrogens with one attached hydrogen (secondary N) is 1. The normalized spacial score (nSPS) is 12.9. The van der Waals surface area contributed by atoms with Crippen LogP contribution in [0.5, 0.6) is 0 Å². The Morgan fingerprint density at radius 3 is 2.23 bits per heavy atom. The molecule has 3 aromatic carbocycles. The van der Waals surface area contributed by atoms with E-state index in [1.807, 2.05) is 72.8 Å². The summed E-state index contributed by atoms with van der Waals surface area (Å²) in [4.78, 5) is 38.4. The monoisotopic (exact) mass is 536 g/mol. The number of nitrogens with zero attached hydrogens (tertiary/aromatic N) is 1. The molecule has 1 aliphatic rings. The largest absolute Gasteiger partial charge is 0.481 e. The molecule has 0 spiro atoms. The van der Waals surface area contributed by atoms with Crippen LogP contribution in [0.2, 0.25) is 0 Å². The van der Waals surface area contributed by atoms with Gasteiger partial charge >= 0.3 is 12.1 Å². The predicted molar refractivity (Wildman–Crippen MR) is 135 cm³/mol. The predicted octanol–water partition coefficient (Wildman–Crippen LogP) is 4.79. The number of benzene rings is 3. The highest BCUT2D eigenvalue weighted by atomic mass is 79.9. The van der Waals surface area contributed by atoms with Gasteiger partial charge in [-0.25, -0.2) is 4.79 Å². The number of halogens is 1. The molecule has 0 bridgehead atoms. The first-order valence-corrected chi connectivity index (χ1v) is 12.0. The smallest absolute Gasteiger partial charge is 0.407 e. The number of likely N-dealkylation sites (N-methyl/N-ethyl adjacent to an activating group) is 1. The maximum absolute atomic E-state index is 13.0. The summed E-state index contributed by atoms with van der Waals surface area (Å²) in [6, 6.07) is 22.1. The minimum Gasteiger partial charge on any atom is -0.481 e. The number of hydrogen-bond donors (Lipinski definition) is 2. The molecule has 0 saturated heterocycles. The summed E-state index contributed by atoms with van der Waals surface area (Å²) in [6.07, 6.45) is -1.38. The quantitative estimate of drug-likeness (QED) is 0.431. The molecule has 1 unspecified atom stereocenters. The van der Waals surface area contributed by atoms with Crippen molar-refractivity contribution in [3.05, 3.63) is 94.0 Å². The topological polar surface area (TPSA) is 95.9 Å². The van der Waals surface area contributed by atoms with Crippen molar-refractivity contribution in [1.29, 1.82) is 0 Å². The van der Waals surface area contributed by atoms with Crippen molar-refractivity contribution >= 4 is 33.9 Å². The van der Waals surface area contributed by atoms with Gasteiger partial charge in [-0.1, -0.05) is 76.6 Å². The van der Waals surface area contributed by atoms with Crippen LogP contribution in [-0.4, -0.2) is 47.7 Å². The summed E-state index contributed by atoms with van der Waals surface area (Å²) in [6.45, 7) is 0.336. The van der Waals surface area contributed by atoms with Crippen molar-refractivity contribution in [2.24, 2.45) is 0 Å². The molecule has 0 aromatic heterocycles. The number of ether oxygens (including phenoxy) is 1. The number of carboxylic acid groups (broad SMARTS) is 1. The van der Waals surface area contributed by atoms with Gasteiger partial charge in [-0.15, -0.1) is 0 Å². The molecule has 0 aliphatic heterocycles. The number of rotatable bonds is 8. The Kier molecular flexibility index (Phi) is 7.51. The third-order valence-electron chi connectivity index (χ3n) is 6.00. The Balaban J connectivity index is 1.42. The minimum absolute atomic E-state index is 0.0712. The van der Waals surface area contributed by atoms with E-state index in [0.717, 1.165) is 32.3 Å². The van der Waals surface area contributed by atoms with Gasteiger partial charge in [0.1, 0.15) is 12.6 Å². The van der Waals surface area contributed by atoms with E-state index >= 15 is 0 Å². The van der Waals surface area contributed by atoms with Crippen LogP contribution in [0.3, 0.4) is 0 Å². The number of carbonyl (C=O) groups excluding carboxylic acids is 2. The minimum atomic E-state index is -1.25. The molecule has 180 valence electrons. The van der Waals surface area contributed by atoms with E-state index in [1.54, 1.807) is 7.05 Å². The van der Waals surface area contributed by atoms with Gasteiger partial charge in [0.15, 0.2) is 0 Å². The number of hydrogen-bond acceptors (Lipinski definition) is 4. The molecule has 0 saturated carbocycles. The average molecular weight is 537 g/mol. The lowest BCUT2D eigenvalue weighted by Crippen LogP contribution is -2.48. The average Bonchev–Trinajstić information content (AvgIpc) is 3.15. The second-order valence-electron chi connectivity index (χ2n) is 8.44. The van der Waals surface area contributed by atoms with E-state index in [0.29, 0.717) is 0 Å². The summed E-state index contributed by atoms with van der Waals surface area (Å²) < 4.78 is 6.37. The number of carboxylic acids is 1. The Morgan fingerprint density at radius 1 is 1.00 bits per heavy atom. The highest BCUT2D eigenvalue weighted by molar-refractivity contribution is 9.10. The molecular formula is C27H25BrN2O5. The van der Waals surface area contributed by atoms with Crippen LogP contribution in [0.1, 0.15) is 29.0 Å². The van der Waals surface area contributed by atoms with Crippen LogP contribution in [0.15, 0.2) is 77.3 Å². The SMILES string of the molecule is CN(Cc1cccc(Br)c1)C(=O)C(CC(=O)O)NC(=O)OCC1c2ccccc2-c2ccccc21. The summed E-state index contributed by atoms with van der Waals surface area (Å²) in [5, 5.41) is 11.8. The molecule has 35 heavy (non-hydrogen) atoms. The van der Waals surface area contributed by atoms with Crippen molar-refractivity contribution < 1.29 is 24.2 Å². The lowest BCUT2D eigenvalue weighted by Gasteiger charge is -2.24. The standard InChI is InChI=1S/C27H25BrN2O5/c1-30(15-17-7-6-8-18(28)13-17)26(33)24(14-25(31)32)29-27(34)35-16-23-21-11-4-2-9-19(21)20-10-3-5-12-22(20)23/h2-13,23-24H,14-16H2,1H3,(H,29,34)(H,31,32). The van der Waals surface area contributed by atoms with Crippen LogP contribution in [0.4, 0.5) is 4.79 Å². The second kappa shape index (κ2) is 10.7. The van der Waals surface area contributed by atoms with Gasteiger partial charge in [0.2, 0.25) is 5.91 Å². The molecule has 2 N–H and O–H groups in total. The van der Waals surface area contributed by atoms with E-state index in [1.165, 1.54) is 4.90 Å². The van der Waals surface area contributed by atoms with Crippen LogP contribution >= 0.6 is 15.9 Å². The number of carbonyl (C=O) groups is 3. The molecule has 8 heteroatoms. The van der Waals surface area contributed by atoms with Crippen molar-refractivity contribution in [1.82, 2.24) is 10.2 Å². The van der Waals surface area contributed by atoms with E-state index in [-0.39, 0.29) is 19.1 Å². The zero-order chi connectivity index (χ0) is 24.9. The number of alkyl carbamates (subject to hydrolysis) is 1. The lowest BCUT2D eigenvalue weighted by atomic mass is 9.98. The molecule has 0 fully saturated rings. The van der Waals surface area contributed by atoms with E-state index in [9.17, 15) is 19.5 Å². The van der Waals surface area contributed by atoms with Crippen molar-refractivity contribution in [2.75, 3.05) is 13.7 Å². The van der Waals surface area contributed by atoms with E-state index in [4.69, 9.17) is 4.74 Å². The van der Waals surface area contributed by atoms with Gasteiger partial charge < -0.3 is 20.1 Å². The molecule has 7 nitrogen and oxygen atoms in total. The Morgan fingerprint density at radius 2 is 1.63 bits per heavy atom. The van der Waals surface area contributed by atoms with Crippen molar-refractivity contribution in [2.45, 2.75) is 24.9 Å². The first-order chi connectivity index (χ1) is 16.8. The fraction of sp³-hybridized carbons (Fsp3) is 0.222. The third kappa shape index (κ3) is 5.71. The summed E-state index contributed by atoms with van der Waals surface area (Å²) in [5.74, 6) is -1.85. The summed E-state index contributed by atoms with van der Waals surface area (Å²) in [5.41, 5.74) is 5.20. The summed E-state index contributed by atoms with van der Waals surface area (Å²) in [7, 11) is 1.57. The highest BCUT2D eigenvalue weighted by Gasteiger charge is 2.31. The molecule has 2 amide bonds. The fourth-order valence-corrected chi connectivity index (χ4v) is 4.86. The molecule has 4 rings (SSSR count). The molecule has 3 aromatic rings. The number of fused-ring (bicyclic) bond motifs is 3. The first-order valence-electron chi connectivity index (χ1n) is 11.2. The Labute approximate surface area is 211 Å². The van der Waals surface area contributed by atoms with E-state index < -0.39 is 30.4 Å².